The van der Waals surface area contributed by atoms with E-state index in [1.807, 2.05) is 6.07 Å². The number of aliphatic hydroxyl groups is 1. The molecule has 0 aliphatic carbocycles. The first-order valence-electron chi connectivity index (χ1n) is 7.66. The highest BCUT2D eigenvalue weighted by molar-refractivity contribution is 5.43. The van der Waals surface area contributed by atoms with Crippen molar-refractivity contribution in [3.63, 3.8) is 0 Å². The molecule has 0 heterocycles. The van der Waals surface area contributed by atoms with Crippen LogP contribution in [0.2, 0.25) is 0 Å². The molecule has 0 aliphatic heterocycles. The highest BCUT2D eigenvalue weighted by Gasteiger charge is 2.10. The molecular weight excluding hydrogens is 310 g/mol. The molecule has 0 saturated carbocycles. The van der Waals surface area contributed by atoms with Crippen LogP contribution in [0.1, 0.15) is 17.2 Å². The largest absolute Gasteiger partial charge is 0.504 e. The van der Waals surface area contributed by atoms with Gasteiger partial charge in [0.15, 0.2) is 23.0 Å². The van der Waals surface area contributed by atoms with E-state index >= 15 is 0 Å². The van der Waals surface area contributed by atoms with Gasteiger partial charge in [0, 0.05) is 6.54 Å². The molecule has 1 atom stereocenters. The lowest BCUT2D eigenvalue weighted by Crippen LogP contribution is -2.23. The summed E-state index contributed by atoms with van der Waals surface area (Å²) in [7, 11) is 2.98. The van der Waals surface area contributed by atoms with Crippen molar-refractivity contribution in [1.82, 2.24) is 5.32 Å². The second-order valence-corrected chi connectivity index (χ2v) is 5.41. The third kappa shape index (κ3) is 4.53. The molecule has 0 saturated heterocycles. The van der Waals surface area contributed by atoms with Crippen LogP contribution in [0, 0.1) is 0 Å². The number of phenolic OH excluding ortho intramolecular Hbond substituents is 2. The standard InChI is InChI=1S/C18H23NO5/c1-23-17-5-3-12(9-14(17)20)7-8-19-11-16(22)13-4-6-18(24-2)15(21)10-13/h3-6,9-10,16,19-22H,7-8,11H2,1-2H3/t16-/m0/s1. The lowest BCUT2D eigenvalue weighted by atomic mass is 10.1. The van der Waals surface area contributed by atoms with Crippen LogP contribution in [-0.4, -0.2) is 42.6 Å². The fraction of sp³-hybridized carbons (Fsp3) is 0.333. The van der Waals surface area contributed by atoms with Gasteiger partial charge in [-0.15, -0.1) is 0 Å². The number of phenols is 2. The van der Waals surface area contributed by atoms with Crippen LogP contribution < -0.4 is 14.8 Å². The average molecular weight is 333 g/mol. The van der Waals surface area contributed by atoms with Crippen molar-refractivity contribution in [2.45, 2.75) is 12.5 Å². The Kier molecular flexibility index (Phi) is 6.28. The monoisotopic (exact) mass is 333 g/mol. The lowest BCUT2D eigenvalue weighted by Gasteiger charge is -2.14. The third-order valence-electron chi connectivity index (χ3n) is 3.76. The summed E-state index contributed by atoms with van der Waals surface area (Å²) in [5.41, 5.74) is 1.58. The maximum atomic E-state index is 10.1. The summed E-state index contributed by atoms with van der Waals surface area (Å²) in [6.45, 7) is 0.999. The summed E-state index contributed by atoms with van der Waals surface area (Å²) in [5.74, 6) is 0.936. The van der Waals surface area contributed by atoms with Crippen LogP contribution in [0.15, 0.2) is 36.4 Å². The average Bonchev–Trinajstić information content (AvgIpc) is 2.58. The van der Waals surface area contributed by atoms with Crippen LogP contribution >= 0.6 is 0 Å². The number of hydrogen-bond acceptors (Lipinski definition) is 6. The Morgan fingerprint density at radius 1 is 0.958 bits per heavy atom. The van der Waals surface area contributed by atoms with Gasteiger partial charge in [-0.25, -0.2) is 0 Å². The van der Waals surface area contributed by atoms with Crippen molar-refractivity contribution in [1.29, 1.82) is 0 Å². The molecule has 0 unspecified atom stereocenters. The number of benzene rings is 2. The van der Waals surface area contributed by atoms with Gasteiger partial charge in [-0.1, -0.05) is 12.1 Å². The molecule has 0 radical (unpaired) electrons. The highest BCUT2D eigenvalue weighted by atomic mass is 16.5. The van der Waals surface area contributed by atoms with E-state index in [-0.39, 0.29) is 11.5 Å². The number of nitrogens with one attached hydrogen (secondary N) is 1. The zero-order valence-electron chi connectivity index (χ0n) is 13.8. The first-order chi connectivity index (χ1) is 11.5. The Morgan fingerprint density at radius 2 is 1.58 bits per heavy atom. The summed E-state index contributed by atoms with van der Waals surface area (Å²) in [5, 5.41) is 32.8. The summed E-state index contributed by atoms with van der Waals surface area (Å²) in [6.07, 6.45) is -0.0240. The topological polar surface area (TPSA) is 91.2 Å². The fourth-order valence-corrected chi connectivity index (χ4v) is 2.39. The van der Waals surface area contributed by atoms with Crippen molar-refractivity contribution >= 4 is 0 Å². The molecule has 0 spiro atoms. The van der Waals surface area contributed by atoms with E-state index < -0.39 is 6.10 Å². The predicted molar refractivity (Wildman–Crippen MR) is 90.9 cm³/mol. The van der Waals surface area contributed by atoms with Crippen LogP contribution in [0.3, 0.4) is 0 Å². The number of aromatic hydroxyl groups is 2. The van der Waals surface area contributed by atoms with Gasteiger partial charge in [-0.05, 0) is 48.4 Å². The van der Waals surface area contributed by atoms with Gasteiger partial charge < -0.3 is 30.1 Å². The Morgan fingerprint density at radius 3 is 2.17 bits per heavy atom. The smallest absolute Gasteiger partial charge is 0.160 e. The Hall–Kier alpha value is -2.44. The minimum Gasteiger partial charge on any atom is -0.504 e. The lowest BCUT2D eigenvalue weighted by molar-refractivity contribution is 0.174. The Bertz CT molecular complexity index is 674. The van der Waals surface area contributed by atoms with Crippen molar-refractivity contribution in [3.05, 3.63) is 47.5 Å². The summed E-state index contributed by atoms with van der Waals surface area (Å²) in [6, 6.07) is 10.1. The molecule has 0 aromatic heterocycles. The van der Waals surface area contributed by atoms with E-state index in [9.17, 15) is 15.3 Å². The third-order valence-corrected chi connectivity index (χ3v) is 3.76. The van der Waals surface area contributed by atoms with Gasteiger partial charge in [0.2, 0.25) is 0 Å². The maximum absolute atomic E-state index is 10.1. The Labute approximate surface area is 141 Å². The molecule has 0 amide bonds. The summed E-state index contributed by atoms with van der Waals surface area (Å²) >= 11 is 0. The van der Waals surface area contributed by atoms with E-state index in [0.717, 1.165) is 5.56 Å². The molecule has 6 nitrogen and oxygen atoms in total. The van der Waals surface area contributed by atoms with Gasteiger partial charge in [0.05, 0.1) is 20.3 Å². The number of ether oxygens (including phenoxy) is 2. The molecule has 0 fully saturated rings. The van der Waals surface area contributed by atoms with Gasteiger partial charge >= 0.3 is 0 Å². The van der Waals surface area contributed by atoms with Crippen molar-refractivity contribution in [2.75, 3.05) is 27.3 Å². The Balaban J connectivity index is 1.81. The van der Waals surface area contributed by atoms with Crippen LogP contribution in [0.25, 0.3) is 0 Å². The van der Waals surface area contributed by atoms with Gasteiger partial charge in [0.25, 0.3) is 0 Å². The highest BCUT2D eigenvalue weighted by Crippen LogP contribution is 2.29. The minimum absolute atomic E-state index is 0.00255. The zero-order chi connectivity index (χ0) is 17.5. The van der Waals surface area contributed by atoms with Crippen molar-refractivity contribution < 1.29 is 24.8 Å². The van der Waals surface area contributed by atoms with Gasteiger partial charge in [-0.2, -0.15) is 0 Å². The normalized spacial score (nSPS) is 12.0. The van der Waals surface area contributed by atoms with Crippen molar-refractivity contribution in [2.24, 2.45) is 0 Å². The summed E-state index contributed by atoms with van der Waals surface area (Å²) < 4.78 is 9.98. The second kappa shape index (κ2) is 8.42. The minimum atomic E-state index is -0.730. The van der Waals surface area contributed by atoms with Crippen LogP contribution in [-0.2, 0) is 6.42 Å². The van der Waals surface area contributed by atoms with Crippen LogP contribution in [0.4, 0.5) is 0 Å². The molecule has 130 valence electrons. The molecular formula is C18H23NO5. The molecule has 0 bridgehead atoms. The maximum Gasteiger partial charge on any atom is 0.160 e. The van der Waals surface area contributed by atoms with Crippen LogP contribution in [0.5, 0.6) is 23.0 Å². The number of aliphatic hydroxyl groups excluding tert-OH is 1. The number of rotatable bonds is 8. The van der Waals surface area contributed by atoms with E-state index in [1.165, 1.54) is 20.3 Å². The molecule has 6 heteroatoms. The number of methoxy groups -OCH3 is 2. The molecule has 2 aromatic rings. The summed E-state index contributed by atoms with van der Waals surface area (Å²) in [4.78, 5) is 0. The van der Waals surface area contributed by atoms with Gasteiger partial charge in [-0.3, -0.25) is 0 Å². The molecule has 0 aliphatic rings. The SMILES string of the molecule is COc1ccc(CCNC[C@H](O)c2ccc(OC)c(O)c2)cc1O. The number of hydrogen-bond donors (Lipinski definition) is 4. The predicted octanol–water partition coefficient (Wildman–Crippen LogP) is 1.98. The molecule has 4 N–H and O–H groups in total. The van der Waals surface area contributed by atoms with E-state index in [0.29, 0.717) is 36.6 Å². The van der Waals surface area contributed by atoms with E-state index in [1.54, 1.807) is 24.3 Å². The van der Waals surface area contributed by atoms with Gasteiger partial charge in [0.1, 0.15) is 0 Å². The zero-order valence-corrected chi connectivity index (χ0v) is 13.8. The van der Waals surface area contributed by atoms with E-state index in [4.69, 9.17) is 9.47 Å². The quantitative estimate of drug-likeness (QED) is 0.552. The molecule has 2 aromatic carbocycles. The van der Waals surface area contributed by atoms with E-state index in [2.05, 4.69) is 5.32 Å². The molecule has 24 heavy (non-hydrogen) atoms. The first kappa shape index (κ1) is 17.9. The van der Waals surface area contributed by atoms with Crippen molar-refractivity contribution in [3.8, 4) is 23.0 Å². The molecule has 2 rings (SSSR count). The first-order valence-corrected chi connectivity index (χ1v) is 7.66. The fourth-order valence-electron chi connectivity index (χ4n) is 2.39. The second-order valence-electron chi connectivity index (χ2n) is 5.41.